The molecule has 1 aromatic heterocycles. The Kier molecular flexibility index (Phi) is 5.02. The smallest absolute Gasteiger partial charge is 0.352 e. The summed E-state index contributed by atoms with van der Waals surface area (Å²) in [7, 11) is -3.41. The zero-order valence-corrected chi connectivity index (χ0v) is 12.8. The van der Waals surface area contributed by atoms with Gasteiger partial charge in [0.2, 0.25) is 0 Å². The number of aromatic nitrogens is 1. The average Bonchev–Trinajstić information content (AvgIpc) is 2.95. The first kappa shape index (κ1) is 16.0. The van der Waals surface area contributed by atoms with Gasteiger partial charge in [0.25, 0.3) is 10.2 Å². The lowest BCUT2D eigenvalue weighted by atomic mass is 10.1. The van der Waals surface area contributed by atoms with Gasteiger partial charge in [0.15, 0.2) is 0 Å². The maximum Gasteiger partial charge on any atom is 0.352 e. The molecule has 8 heteroatoms. The molecular weight excluding hydrogens is 294 g/mol. The first-order valence-electron chi connectivity index (χ1n) is 7.10. The third kappa shape index (κ3) is 3.63. The first-order valence-corrected chi connectivity index (χ1v) is 8.54. The topological polar surface area (TPSA) is 91.6 Å². The van der Waals surface area contributed by atoms with Crippen molar-refractivity contribution in [3.63, 3.8) is 0 Å². The molecule has 0 bridgehead atoms. The molecule has 118 valence electrons. The third-order valence-corrected chi connectivity index (χ3v) is 5.30. The van der Waals surface area contributed by atoms with Gasteiger partial charge in [0.1, 0.15) is 5.69 Å². The van der Waals surface area contributed by atoms with Gasteiger partial charge in [-0.3, -0.25) is 0 Å². The minimum atomic E-state index is -3.41. The average molecular weight is 315 g/mol. The van der Waals surface area contributed by atoms with E-state index in [0.717, 1.165) is 6.42 Å². The standard InChI is InChI=1S/C13H21N3O4S/c1-2-7-14-21(19,20)15-9-5-11(6-10-15)16-8-3-4-12(16)13(17)18/h3-4,8,11,14H,2,5-7,9-10H2,1H3,(H,17,18). The summed E-state index contributed by atoms with van der Waals surface area (Å²) in [4.78, 5) is 11.1. The van der Waals surface area contributed by atoms with E-state index < -0.39 is 16.2 Å². The Bertz CT molecular complexity index is 588. The van der Waals surface area contributed by atoms with E-state index in [2.05, 4.69) is 4.72 Å². The molecule has 1 aliphatic heterocycles. The van der Waals surface area contributed by atoms with Crippen molar-refractivity contribution in [2.45, 2.75) is 32.2 Å². The van der Waals surface area contributed by atoms with Gasteiger partial charge in [-0.1, -0.05) is 6.92 Å². The van der Waals surface area contributed by atoms with Crippen LogP contribution >= 0.6 is 0 Å². The fourth-order valence-corrected chi connectivity index (χ4v) is 3.91. The van der Waals surface area contributed by atoms with Gasteiger partial charge in [-0.25, -0.2) is 9.52 Å². The van der Waals surface area contributed by atoms with Crippen LogP contribution in [0.2, 0.25) is 0 Å². The molecule has 2 heterocycles. The van der Waals surface area contributed by atoms with E-state index >= 15 is 0 Å². The van der Waals surface area contributed by atoms with Crippen molar-refractivity contribution in [3.8, 4) is 0 Å². The monoisotopic (exact) mass is 315 g/mol. The number of hydrogen-bond donors (Lipinski definition) is 2. The zero-order chi connectivity index (χ0) is 15.5. The Hall–Kier alpha value is -1.38. The number of carboxylic acid groups (broad SMARTS) is 1. The minimum Gasteiger partial charge on any atom is -0.477 e. The summed E-state index contributed by atoms with van der Waals surface area (Å²) in [5.74, 6) is -0.959. The maximum absolute atomic E-state index is 12.0. The highest BCUT2D eigenvalue weighted by Crippen LogP contribution is 2.25. The van der Waals surface area contributed by atoms with Crippen molar-refractivity contribution in [2.75, 3.05) is 19.6 Å². The summed E-state index contributed by atoms with van der Waals surface area (Å²) in [5, 5.41) is 9.13. The van der Waals surface area contributed by atoms with Gasteiger partial charge in [0.05, 0.1) is 0 Å². The Morgan fingerprint density at radius 2 is 2.10 bits per heavy atom. The van der Waals surface area contributed by atoms with Crippen LogP contribution in [-0.4, -0.2) is 48.0 Å². The fourth-order valence-electron chi connectivity index (χ4n) is 2.58. The highest BCUT2D eigenvalue weighted by Gasteiger charge is 2.29. The van der Waals surface area contributed by atoms with E-state index in [9.17, 15) is 13.2 Å². The van der Waals surface area contributed by atoms with Gasteiger partial charge < -0.3 is 9.67 Å². The van der Waals surface area contributed by atoms with Gasteiger partial charge in [-0.15, -0.1) is 0 Å². The molecule has 21 heavy (non-hydrogen) atoms. The van der Waals surface area contributed by atoms with Crippen LogP contribution in [0.5, 0.6) is 0 Å². The quantitative estimate of drug-likeness (QED) is 0.821. The second kappa shape index (κ2) is 6.59. The second-order valence-corrected chi connectivity index (χ2v) is 6.89. The molecule has 0 radical (unpaired) electrons. The number of piperidine rings is 1. The molecule has 0 aromatic carbocycles. The second-order valence-electron chi connectivity index (χ2n) is 5.14. The van der Waals surface area contributed by atoms with E-state index in [1.165, 1.54) is 4.31 Å². The third-order valence-electron chi connectivity index (χ3n) is 3.69. The first-order chi connectivity index (χ1) is 9.95. The lowest BCUT2D eigenvalue weighted by Gasteiger charge is -2.32. The van der Waals surface area contributed by atoms with Crippen LogP contribution in [-0.2, 0) is 10.2 Å². The number of carbonyl (C=O) groups is 1. The fraction of sp³-hybridized carbons (Fsp3) is 0.615. The number of hydrogen-bond acceptors (Lipinski definition) is 3. The Balaban J connectivity index is 2.00. The van der Waals surface area contributed by atoms with Gasteiger partial charge >= 0.3 is 5.97 Å². The van der Waals surface area contributed by atoms with Crippen molar-refractivity contribution in [1.29, 1.82) is 0 Å². The number of carboxylic acids is 1. The molecule has 0 amide bonds. The number of nitrogens with one attached hydrogen (secondary N) is 1. The van der Waals surface area contributed by atoms with E-state index in [1.54, 1.807) is 22.9 Å². The van der Waals surface area contributed by atoms with E-state index in [0.29, 0.717) is 32.5 Å². The number of aromatic carboxylic acids is 1. The predicted molar refractivity (Wildman–Crippen MR) is 78.4 cm³/mol. The Morgan fingerprint density at radius 1 is 1.43 bits per heavy atom. The highest BCUT2D eigenvalue weighted by atomic mass is 32.2. The molecule has 2 rings (SSSR count). The van der Waals surface area contributed by atoms with Crippen molar-refractivity contribution in [1.82, 2.24) is 13.6 Å². The van der Waals surface area contributed by atoms with E-state index in [4.69, 9.17) is 5.11 Å². The Labute approximate surface area is 124 Å². The van der Waals surface area contributed by atoms with Crippen LogP contribution < -0.4 is 4.72 Å². The van der Waals surface area contributed by atoms with Gasteiger partial charge in [-0.05, 0) is 31.4 Å². The predicted octanol–water partition coefficient (Wildman–Crippen LogP) is 1.07. The minimum absolute atomic E-state index is 0.0312. The summed E-state index contributed by atoms with van der Waals surface area (Å²) < 4.78 is 29.8. The summed E-state index contributed by atoms with van der Waals surface area (Å²) in [6.07, 6.45) is 3.72. The molecule has 1 aromatic rings. The Morgan fingerprint density at radius 3 is 2.67 bits per heavy atom. The molecule has 0 aliphatic carbocycles. The summed E-state index contributed by atoms with van der Waals surface area (Å²) >= 11 is 0. The summed E-state index contributed by atoms with van der Waals surface area (Å²) in [6.45, 7) is 3.15. The largest absolute Gasteiger partial charge is 0.477 e. The van der Waals surface area contributed by atoms with Crippen LogP contribution in [0.4, 0.5) is 0 Å². The van der Waals surface area contributed by atoms with Gasteiger partial charge in [-0.2, -0.15) is 12.7 Å². The lowest BCUT2D eigenvalue weighted by Crippen LogP contribution is -2.45. The number of rotatable bonds is 6. The van der Waals surface area contributed by atoms with Crippen LogP contribution in [0.25, 0.3) is 0 Å². The molecule has 2 N–H and O–H groups in total. The molecule has 1 saturated heterocycles. The molecule has 0 atom stereocenters. The SMILES string of the molecule is CCCNS(=O)(=O)N1CCC(n2cccc2C(=O)O)CC1. The molecule has 0 unspecified atom stereocenters. The van der Waals surface area contributed by atoms with Gasteiger partial charge in [0, 0.05) is 31.9 Å². The van der Waals surface area contributed by atoms with E-state index in [1.807, 2.05) is 6.92 Å². The summed E-state index contributed by atoms with van der Waals surface area (Å²) in [5.41, 5.74) is 0.250. The highest BCUT2D eigenvalue weighted by molar-refractivity contribution is 7.87. The van der Waals surface area contributed by atoms with Crippen LogP contribution in [0.1, 0.15) is 42.7 Å². The molecule has 0 saturated carbocycles. The van der Waals surface area contributed by atoms with Crippen molar-refractivity contribution >= 4 is 16.2 Å². The van der Waals surface area contributed by atoms with Crippen LogP contribution in [0, 0.1) is 0 Å². The molecule has 1 aliphatic rings. The summed E-state index contributed by atoms with van der Waals surface area (Å²) in [6, 6.07) is 3.30. The van der Waals surface area contributed by atoms with Crippen molar-refractivity contribution in [3.05, 3.63) is 24.0 Å². The molecule has 0 spiro atoms. The van der Waals surface area contributed by atoms with Crippen LogP contribution in [0.15, 0.2) is 18.3 Å². The number of nitrogens with zero attached hydrogens (tertiary/aromatic N) is 2. The van der Waals surface area contributed by atoms with Crippen molar-refractivity contribution in [2.24, 2.45) is 0 Å². The molecule has 7 nitrogen and oxygen atoms in total. The normalized spacial score (nSPS) is 18.0. The molecule has 1 fully saturated rings. The van der Waals surface area contributed by atoms with Crippen LogP contribution in [0.3, 0.4) is 0 Å². The maximum atomic E-state index is 12.0. The lowest BCUT2D eigenvalue weighted by molar-refractivity contribution is 0.0680. The van der Waals surface area contributed by atoms with Crippen molar-refractivity contribution < 1.29 is 18.3 Å². The zero-order valence-electron chi connectivity index (χ0n) is 12.0. The van der Waals surface area contributed by atoms with E-state index in [-0.39, 0.29) is 11.7 Å². The molecular formula is C13H21N3O4S.